The van der Waals surface area contributed by atoms with Crippen LogP contribution in [0, 0.1) is 0 Å². The summed E-state index contributed by atoms with van der Waals surface area (Å²) in [6, 6.07) is 19.7. The van der Waals surface area contributed by atoms with Crippen molar-refractivity contribution < 1.29 is 13.8 Å². The van der Waals surface area contributed by atoms with Crippen LogP contribution in [0.25, 0.3) is 0 Å². The molecule has 0 fully saturated rings. The number of hydrogen-bond donors (Lipinski definition) is 0. The Hall–Kier alpha value is -2.50. The van der Waals surface area contributed by atoms with Gasteiger partial charge in [0.05, 0.1) is 10.5 Å². The van der Waals surface area contributed by atoms with Crippen LogP contribution < -0.4 is 0 Å². The monoisotopic (exact) mass is 420 g/mol. The minimum Gasteiger partial charge on any atom is -0.289 e. The van der Waals surface area contributed by atoms with Gasteiger partial charge in [-0.1, -0.05) is 69.3 Å². The molecule has 0 heterocycles. The highest BCUT2D eigenvalue weighted by Crippen LogP contribution is 2.36. The largest absolute Gasteiger partial charge is 0.289 e. The molecule has 0 saturated carbocycles. The molecule has 0 aliphatic heterocycles. The molecule has 1 atom stereocenters. The SMILES string of the molecule is CC(C)(C)c1ccc(SS(=O)c2cccc3c2C(=O)c2ccccc2C3=O)cc1. The smallest absolute Gasteiger partial charge is 0.195 e. The van der Waals surface area contributed by atoms with E-state index in [0.29, 0.717) is 21.6 Å². The van der Waals surface area contributed by atoms with Gasteiger partial charge in [-0.15, -0.1) is 0 Å². The standard InChI is InChI=1S/C24H20O3S2/c1-24(2,3)15-11-13-16(14-12-15)28-29(27)20-10-6-9-19-21(20)23(26)18-8-5-4-7-17(18)22(19)25/h4-14H,1-3H3. The van der Waals surface area contributed by atoms with E-state index in [9.17, 15) is 13.8 Å². The third-order valence-corrected chi connectivity index (χ3v) is 7.87. The van der Waals surface area contributed by atoms with Gasteiger partial charge in [-0.25, -0.2) is 4.21 Å². The second-order valence-corrected chi connectivity index (χ2v) is 10.9. The zero-order valence-electron chi connectivity index (χ0n) is 16.4. The van der Waals surface area contributed by atoms with Crippen molar-refractivity contribution in [1.82, 2.24) is 0 Å². The summed E-state index contributed by atoms with van der Waals surface area (Å²) in [6.45, 7) is 6.43. The Labute approximate surface area is 176 Å². The maximum atomic E-state index is 13.1. The van der Waals surface area contributed by atoms with Crippen LogP contribution in [-0.4, -0.2) is 15.8 Å². The van der Waals surface area contributed by atoms with E-state index in [0.717, 1.165) is 4.90 Å². The second kappa shape index (κ2) is 7.39. The molecule has 146 valence electrons. The molecule has 1 unspecified atom stereocenters. The van der Waals surface area contributed by atoms with Crippen LogP contribution in [0.2, 0.25) is 0 Å². The lowest BCUT2D eigenvalue weighted by molar-refractivity contribution is 0.0977. The van der Waals surface area contributed by atoms with Crippen LogP contribution in [0.5, 0.6) is 0 Å². The molecular formula is C24H20O3S2. The predicted molar refractivity (Wildman–Crippen MR) is 117 cm³/mol. The third kappa shape index (κ3) is 3.61. The molecule has 0 spiro atoms. The fourth-order valence-corrected chi connectivity index (χ4v) is 6.01. The molecule has 3 aromatic carbocycles. The Balaban J connectivity index is 1.69. The molecule has 4 rings (SSSR count). The molecule has 1 aliphatic carbocycles. The van der Waals surface area contributed by atoms with Crippen LogP contribution >= 0.6 is 10.8 Å². The van der Waals surface area contributed by atoms with Crippen molar-refractivity contribution >= 4 is 32.2 Å². The first-order valence-corrected chi connectivity index (χ1v) is 11.8. The number of rotatable bonds is 3. The number of benzene rings is 3. The van der Waals surface area contributed by atoms with Crippen LogP contribution in [-0.2, 0) is 15.2 Å². The summed E-state index contributed by atoms with van der Waals surface area (Å²) in [5, 5.41) is 0. The van der Waals surface area contributed by atoms with Gasteiger partial charge in [-0.2, -0.15) is 0 Å². The minimum absolute atomic E-state index is 0.0427. The summed E-state index contributed by atoms with van der Waals surface area (Å²) in [5.74, 6) is -0.448. The van der Waals surface area contributed by atoms with Gasteiger partial charge in [0.15, 0.2) is 11.6 Å². The summed E-state index contributed by atoms with van der Waals surface area (Å²) in [7, 11) is -0.338. The molecular weight excluding hydrogens is 400 g/mol. The number of hydrogen-bond acceptors (Lipinski definition) is 4. The molecule has 5 heteroatoms. The fourth-order valence-electron chi connectivity index (χ4n) is 3.40. The summed E-state index contributed by atoms with van der Waals surface area (Å²) in [6.07, 6.45) is 0. The van der Waals surface area contributed by atoms with Crippen LogP contribution in [0.15, 0.2) is 76.5 Å². The van der Waals surface area contributed by atoms with E-state index in [1.165, 1.54) is 16.4 Å². The van der Waals surface area contributed by atoms with Gasteiger partial charge in [0.2, 0.25) is 0 Å². The van der Waals surface area contributed by atoms with E-state index in [2.05, 4.69) is 20.8 Å². The van der Waals surface area contributed by atoms with Crippen LogP contribution in [0.4, 0.5) is 0 Å². The molecule has 0 radical (unpaired) electrons. The molecule has 0 saturated heterocycles. The van der Waals surface area contributed by atoms with E-state index in [4.69, 9.17) is 0 Å². The molecule has 0 aromatic heterocycles. The predicted octanol–water partition coefficient (Wildman–Crippen LogP) is 5.57. The average molecular weight is 421 g/mol. The van der Waals surface area contributed by atoms with E-state index < -0.39 is 9.83 Å². The summed E-state index contributed by atoms with van der Waals surface area (Å²) in [4.78, 5) is 27.2. The number of ketones is 2. The molecule has 0 amide bonds. The number of carbonyl (C=O) groups is 2. The molecule has 29 heavy (non-hydrogen) atoms. The Morgan fingerprint density at radius 2 is 1.31 bits per heavy atom. The van der Waals surface area contributed by atoms with E-state index in [-0.39, 0.29) is 22.5 Å². The van der Waals surface area contributed by atoms with Gasteiger partial charge < -0.3 is 0 Å². The van der Waals surface area contributed by atoms with Gasteiger partial charge in [-0.3, -0.25) is 9.59 Å². The van der Waals surface area contributed by atoms with Gasteiger partial charge in [0.1, 0.15) is 9.83 Å². The van der Waals surface area contributed by atoms with E-state index in [1.807, 2.05) is 24.3 Å². The number of carbonyl (C=O) groups excluding carboxylic acids is 2. The first-order chi connectivity index (χ1) is 13.8. The van der Waals surface area contributed by atoms with E-state index in [1.54, 1.807) is 42.5 Å². The summed E-state index contributed by atoms with van der Waals surface area (Å²) in [5.41, 5.74) is 2.59. The average Bonchev–Trinajstić information content (AvgIpc) is 2.71. The number of fused-ring (bicyclic) bond motifs is 2. The first-order valence-electron chi connectivity index (χ1n) is 9.29. The van der Waals surface area contributed by atoms with Crippen LogP contribution in [0.1, 0.15) is 58.2 Å². The second-order valence-electron chi connectivity index (χ2n) is 7.97. The zero-order chi connectivity index (χ0) is 20.8. The molecule has 3 nitrogen and oxygen atoms in total. The van der Waals surface area contributed by atoms with E-state index >= 15 is 0 Å². The highest BCUT2D eigenvalue weighted by atomic mass is 33.1. The lowest BCUT2D eigenvalue weighted by Gasteiger charge is -2.20. The summed E-state index contributed by atoms with van der Waals surface area (Å²) < 4.78 is 13.1. The van der Waals surface area contributed by atoms with Gasteiger partial charge in [0.25, 0.3) is 0 Å². The Morgan fingerprint density at radius 1 is 0.724 bits per heavy atom. The van der Waals surface area contributed by atoms with Gasteiger partial charge >= 0.3 is 0 Å². The normalized spacial score (nSPS) is 14.3. The fraction of sp³-hybridized carbons (Fsp3) is 0.167. The quantitative estimate of drug-likeness (QED) is 0.406. The highest BCUT2D eigenvalue weighted by Gasteiger charge is 2.32. The van der Waals surface area contributed by atoms with Crippen molar-refractivity contribution in [2.45, 2.75) is 36.0 Å². The van der Waals surface area contributed by atoms with Crippen molar-refractivity contribution in [3.63, 3.8) is 0 Å². The van der Waals surface area contributed by atoms with Crippen LogP contribution in [0.3, 0.4) is 0 Å². The van der Waals surface area contributed by atoms with Crippen molar-refractivity contribution in [3.8, 4) is 0 Å². The van der Waals surface area contributed by atoms with Gasteiger partial charge in [0, 0.05) is 21.6 Å². The highest BCUT2D eigenvalue weighted by molar-refractivity contribution is 8.69. The Kier molecular flexibility index (Phi) is 5.05. The summed E-state index contributed by atoms with van der Waals surface area (Å²) >= 11 is 0. The minimum atomic E-state index is -1.52. The molecule has 0 bridgehead atoms. The molecule has 3 aromatic rings. The maximum absolute atomic E-state index is 13.1. The zero-order valence-corrected chi connectivity index (χ0v) is 18.0. The third-order valence-electron chi connectivity index (χ3n) is 4.99. The molecule has 1 aliphatic rings. The van der Waals surface area contributed by atoms with Crippen molar-refractivity contribution in [3.05, 3.63) is 94.5 Å². The lowest BCUT2D eigenvalue weighted by atomic mass is 9.84. The Morgan fingerprint density at radius 3 is 1.93 bits per heavy atom. The Bertz CT molecular complexity index is 1160. The molecule has 0 N–H and O–H groups in total. The first kappa shape index (κ1) is 19.8. The topological polar surface area (TPSA) is 51.2 Å². The van der Waals surface area contributed by atoms with Crippen molar-refractivity contribution in [1.29, 1.82) is 0 Å². The van der Waals surface area contributed by atoms with Crippen molar-refractivity contribution in [2.75, 3.05) is 0 Å². The van der Waals surface area contributed by atoms with Crippen molar-refractivity contribution in [2.24, 2.45) is 0 Å². The lowest BCUT2D eigenvalue weighted by Crippen LogP contribution is -2.22. The maximum Gasteiger partial charge on any atom is 0.195 e. The van der Waals surface area contributed by atoms with Gasteiger partial charge in [-0.05, 0) is 40.0 Å².